The first kappa shape index (κ1) is 20.6. The van der Waals surface area contributed by atoms with Crippen LogP contribution in [0.3, 0.4) is 0 Å². The Labute approximate surface area is 198 Å². The molecule has 0 saturated carbocycles. The summed E-state index contributed by atoms with van der Waals surface area (Å²) in [7, 11) is 0. The molecule has 3 aromatic rings. The molecule has 6 heteroatoms. The number of anilines is 2. The third-order valence-corrected chi connectivity index (χ3v) is 7.83. The van der Waals surface area contributed by atoms with Gasteiger partial charge in [-0.25, -0.2) is 0 Å². The van der Waals surface area contributed by atoms with Crippen LogP contribution >= 0.6 is 11.8 Å². The van der Waals surface area contributed by atoms with Crippen LogP contribution in [0, 0.1) is 0 Å². The van der Waals surface area contributed by atoms with Gasteiger partial charge in [-0.3, -0.25) is 14.6 Å². The Kier molecular flexibility index (Phi) is 5.27. The SMILES string of the molecule is CC1c2cc3c(cc2CCN1CC(=O)N1c2ccccc2Sc2ccccc21)OCCCO3. The van der Waals surface area contributed by atoms with Gasteiger partial charge in [0.25, 0.3) is 0 Å². The average Bonchev–Trinajstić information content (AvgIpc) is 3.08. The fourth-order valence-electron chi connectivity index (χ4n) is 4.96. The van der Waals surface area contributed by atoms with Crippen LogP contribution in [0.2, 0.25) is 0 Å². The van der Waals surface area contributed by atoms with E-state index in [-0.39, 0.29) is 11.9 Å². The molecule has 3 heterocycles. The second kappa shape index (κ2) is 8.43. The quantitative estimate of drug-likeness (QED) is 0.500. The van der Waals surface area contributed by atoms with E-state index in [1.54, 1.807) is 11.8 Å². The van der Waals surface area contributed by atoms with Gasteiger partial charge >= 0.3 is 0 Å². The summed E-state index contributed by atoms with van der Waals surface area (Å²) in [6, 6.07) is 20.7. The van der Waals surface area contributed by atoms with E-state index in [1.807, 2.05) is 41.3 Å². The number of carbonyl (C=O) groups is 1. The number of hydrogen-bond acceptors (Lipinski definition) is 5. The number of ether oxygens (including phenoxy) is 2. The number of carbonyl (C=O) groups excluding carboxylic acids is 1. The molecule has 0 spiro atoms. The Morgan fingerprint density at radius 2 is 1.61 bits per heavy atom. The van der Waals surface area contributed by atoms with E-state index in [0.29, 0.717) is 19.8 Å². The smallest absolute Gasteiger partial charge is 0.245 e. The van der Waals surface area contributed by atoms with Crippen molar-refractivity contribution in [3.8, 4) is 11.5 Å². The Morgan fingerprint density at radius 3 is 2.30 bits per heavy atom. The summed E-state index contributed by atoms with van der Waals surface area (Å²) in [6.07, 6.45) is 1.79. The second-order valence-corrected chi connectivity index (χ2v) is 9.80. The maximum absolute atomic E-state index is 13.8. The van der Waals surface area contributed by atoms with Crippen LogP contribution < -0.4 is 14.4 Å². The van der Waals surface area contributed by atoms with Crippen molar-refractivity contribution < 1.29 is 14.3 Å². The van der Waals surface area contributed by atoms with Crippen molar-refractivity contribution in [3.05, 3.63) is 71.8 Å². The van der Waals surface area contributed by atoms with Crippen LogP contribution in [0.4, 0.5) is 11.4 Å². The van der Waals surface area contributed by atoms with Crippen LogP contribution in [-0.4, -0.2) is 37.1 Å². The molecule has 0 aromatic heterocycles. The maximum atomic E-state index is 13.8. The number of para-hydroxylation sites is 2. The first-order chi connectivity index (χ1) is 16.2. The minimum absolute atomic E-state index is 0.0971. The van der Waals surface area contributed by atoms with E-state index in [0.717, 1.165) is 52.1 Å². The molecule has 0 aliphatic carbocycles. The predicted octanol–water partition coefficient (Wildman–Crippen LogP) is 5.60. The molecule has 0 bridgehead atoms. The highest BCUT2D eigenvalue weighted by molar-refractivity contribution is 7.99. The normalized spacial score (nSPS) is 19.2. The molecule has 0 N–H and O–H groups in total. The molecule has 6 rings (SSSR count). The summed E-state index contributed by atoms with van der Waals surface area (Å²) in [4.78, 5) is 20.2. The number of hydrogen-bond donors (Lipinski definition) is 0. The zero-order valence-corrected chi connectivity index (χ0v) is 19.4. The van der Waals surface area contributed by atoms with Crippen LogP contribution in [0.15, 0.2) is 70.5 Å². The Hall–Kier alpha value is -2.96. The number of nitrogens with zero attached hydrogens (tertiary/aromatic N) is 2. The van der Waals surface area contributed by atoms with Crippen LogP contribution in [0.5, 0.6) is 11.5 Å². The Morgan fingerprint density at radius 1 is 0.970 bits per heavy atom. The monoisotopic (exact) mass is 458 g/mol. The summed E-state index contributed by atoms with van der Waals surface area (Å²) in [5.74, 6) is 1.77. The van der Waals surface area contributed by atoms with E-state index < -0.39 is 0 Å². The van der Waals surface area contributed by atoms with Gasteiger partial charge in [0, 0.05) is 28.8 Å². The molecule has 1 unspecified atom stereocenters. The third-order valence-electron chi connectivity index (χ3n) is 6.70. The Bertz CT molecular complexity index is 1180. The second-order valence-electron chi connectivity index (χ2n) is 8.71. The number of amides is 1. The van der Waals surface area contributed by atoms with Gasteiger partial charge in [0.15, 0.2) is 11.5 Å². The highest BCUT2D eigenvalue weighted by atomic mass is 32.2. The fourth-order valence-corrected chi connectivity index (χ4v) is 6.02. The zero-order chi connectivity index (χ0) is 22.4. The van der Waals surface area contributed by atoms with Crippen LogP contribution in [-0.2, 0) is 11.2 Å². The van der Waals surface area contributed by atoms with Gasteiger partial charge in [0.05, 0.1) is 31.1 Å². The first-order valence-corrected chi connectivity index (χ1v) is 12.4. The molecular formula is C27H26N2O3S. The highest BCUT2D eigenvalue weighted by Gasteiger charge is 2.32. The van der Waals surface area contributed by atoms with Gasteiger partial charge in [0.1, 0.15) is 0 Å². The molecular weight excluding hydrogens is 432 g/mol. The molecule has 3 aliphatic heterocycles. The number of rotatable bonds is 2. The molecule has 3 aliphatic rings. The number of benzene rings is 3. The molecule has 1 amide bonds. The largest absolute Gasteiger partial charge is 0.490 e. The topological polar surface area (TPSA) is 42.0 Å². The van der Waals surface area contributed by atoms with Crippen LogP contribution in [0.1, 0.15) is 30.5 Å². The standard InChI is InChI=1S/C27H26N2O3S/c1-18-20-16-24-23(31-13-6-14-32-24)15-19(20)11-12-28(18)17-27(30)29-21-7-2-4-9-25(21)33-26-10-5-3-8-22(26)29/h2-5,7-10,15-16,18H,6,11-14,17H2,1H3. The molecule has 0 radical (unpaired) electrons. The molecule has 0 saturated heterocycles. The van der Waals surface area contributed by atoms with Crippen molar-refractivity contribution in [1.29, 1.82) is 0 Å². The minimum Gasteiger partial charge on any atom is -0.490 e. The molecule has 3 aromatic carbocycles. The van der Waals surface area contributed by atoms with E-state index in [9.17, 15) is 4.79 Å². The molecule has 5 nitrogen and oxygen atoms in total. The van der Waals surface area contributed by atoms with Crippen LogP contribution in [0.25, 0.3) is 0 Å². The van der Waals surface area contributed by atoms with E-state index in [1.165, 1.54) is 11.1 Å². The fraction of sp³-hybridized carbons (Fsp3) is 0.296. The number of fused-ring (bicyclic) bond motifs is 4. The molecule has 1 atom stereocenters. The van der Waals surface area contributed by atoms with Crippen molar-refractivity contribution in [2.24, 2.45) is 0 Å². The van der Waals surface area contributed by atoms with Crippen molar-refractivity contribution in [3.63, 3.8) is 0 Å². The molecule has 168 valence electrons. The summed E-state index contributed by atoms with van der Waals surface area (Å²) in [6.45, 7) is 4.75. The zero-order valence-electron chi connectivity index (χ0n) is 18.6. The highest BCUT2D eigenvalue weighted by Crippen LogP contribution is 2.48. The first-order valence-electron chi connectivity index (χ1n) is 11.5. The lowest BCUT2D eigenvalue weighted by atomic mass is 9.92. The van der Waals surface area contributed by atoms with Crippen molar-refractivity contribution in [2.75, 3.05) is 31.2 Å². The van der Waals surface area contributed by atoms with Gasteiger partial charge in [-0.05, 0) is 60.9 Å². The van der Waals surface area contributed by atoms with E-state index in [4.69, 9.17) is 9.47 Å². The van der Waals surface area contributed by atoms with Gasteiger partial charge < -0.3 is 9.47 Å². The van der Waals surface area contributed by atoms with Gasteiger partial charge in [-0.2, -0.15) is 0 Å². The Balaban J connectivity index is 1.29. The van der Waals surface area contributed by atoms with E-state index >= 15 is 0 Å². The predicted molar refractivity (Wildman–Crippen MR) is 130 cm³/mol. The van der Waals surface area contributed by atoms with Crippen molar-refractivity contribution >= 4 is 29.0 Å². The average molecular weight is 459 g/mol. The third kappa shape index (κ3) is 3.67. The van der Waals surface area contributed by atoms with Gasteiger partial charge in [-0.15, -0.1) is 0 Å². The summed E-state index contributed by atoms with van der Waals surface area (Å²) in [5.41, 5.74) is 4.45. The summed E-state index contributed by atoms with van der Waals surface area (Å²) < 4.78 is 11.8. The van der Waals surface area contributed by atoms with Crippen molar-refractivity contribution in [1.82, 2.24) is 4.90 Å². The molecule has 0 fully saturated rings. The van der Waals surface area contributed by atoms with E-state index in [2.05, 4.69) is 36.1 Å². The molecule has 33 heavy (non-hydrogen) atoms. The minimum atomic E-state index is 0.0971. The van der Waals surface area contributed by atoms with Crippen molar-refractivity contribution in [2.45, 2.75) is 35.6 Å². The van der Waals surface area contributed by atoms with Gasteiger partial charge in [0.2, 0.25) is 5.91 Å². The maximum Gasteiger partial charge on any atom is 0.245 e. The lowest BCUT2D eigenvalue weighted by Crippen LogP contribution is -2.43. The van der Waals surface area contributed by atoms with Gasteiger partial charge in [-0.1, -0.05) is 36.0 Å². The summed E-state index contributed by atoms with van der Waals surface area (Å²) >= 11 is 1.72. The lowest BCUT2D eigenvalue weighted by molar-refractivity contribution is -0.119. The lowest BCUT2D eigenvalue weighted by Gasteiger charge is -2.37. The summed E-state index contributed by atoms with van der Waals surface area (Å²) in [5, 5.41) is 0.